The quantitative estimate of drug-likeness (QED) is 0.392. The Kier molecular flexibility index (Phi) is 9.63. The lowest BCUT2D eigenvalue weighted by Gasteiger charge is -2.42. The minimum Gasteiger partial charge on any atom is -0.376 e. The molecule has 0 bridgehead atoms. The van der Waals surface area contributed by atoms with Gasteiger partial charge in [-0.3, -0.25) is 0 Å². The maximum atomic E-state index is 6.44. The van der Waals surface area contributed by atoms with Crippen LogP contribution in [-0.4, -0.2) is 42.7 Å². The number of hydrogen-bond donors (Lipinski definition) is 2. The molecule has 0 aliphatic carbocycles. The summed E-state index contributed by atoms with van der Waals surface area (Å²) in [5.41, 5.74) is 9.08. The van der Waals surface area contributed by atoms with Crippen molar-refractivity contribution in [1.82, 2.24) is 5.32 Å². The second-order valence-corrected chi connectivity index (χ2v) is 8.95. The molecule has 1 aliphatic heterocycles. The van der Waals surface area contributed by atoms with Gasteiger partial charge in [0.05, 0.1) is 39.1 Å². The smallest absolute Gasteiger partial charge is 0.164 e. The molecule has 3 aromatic carbocycles. The van der Waals surface area contributed by atoms with Gasteiger partial charge < -0.3 is 30.0 Å². The maximum absolute atomic E-state index is 6.44. The van der Waals surface area contributed by atoms with Crippen LogP contribution in [0.2, 0.25) is 0 Å². The van der Waals surface area contributed by atoms with Gasteiger partial charge in [-0.1, -0.05) is 91.0 Å². The predicted octanol–water partition coefficient (Wildman–Crippen LogP) is 3.97. The van der Waals surface area contributed by atoms with E-state index in [4.69, 9.17) is 36.9 Å². The van der Waals surface area contributed by atoms with Crippen molar-refractivity contribution in [1.29, 1.82) is 0 Å². The molecule has 0 radical (unpaired) electrons. The molecule has 0 spiro atoms. The first kappa shape index (κ1) is 25.3. The minimum absolute atomic E-state index is 0.201. The van der Waals surface area contributed by atoms with Crippen LogP contribution in [0, 0.1) is 0 Å². The second-order valence-electron chi connectivity index (χ2n) is 8.51. The summed E-state index contributed by atoms with van der Waals surface area (Å²) in [4.78, 5) is 0. The van der Waals surface area contributed by atoms with E-state index >= 15 is 0 Å². The Balaban J connectivity index is 1.49. The van der Waals surface area contributed by atoms with Crippen molar-refractivity contribution in [2.75, 3.05) is 13.2 Å². The van der Waals surface area contributed by atoms with Crippen LogP contribution in [0.15, 0.2) is 91.0 Å². The Morgan fingerprint density at radius 2 is 1.26 bits per heavy atom. The molecule has 35 heavy (non-hydrogen) atoms. The molecule has 4 rings (SSSR count). The molecule has 1 saturated heterocycles. The van der Waals surface area contributed by atoms with E-state index in [9.17, 15) is 0 Å². The van der Waals surface area contributed by atoms with Gasteiger partial charge in [0.2, 0.25) is 0 Å². The zero-order valence-electron chi connectivity index (χ0n) is 19.6. The van der Waals surface area contributed by atoms with Crippen LogP contribution >= 0.6 is 12.2 Å². The summed E-state index contributed by atoms with van der Waals surface area (Å²) < 4.78 is 25.1. The van der Waals surface area contributed by atoms with Crippen molar-refractivity contribution in [2.24, 2.45) is 5.73 Å². The molecule has 184 valence electrons. The Bertz CT molecular complexity index is 1020. The number of rotatable bonds is 11. The zero-order valence-corrected chi connectivity index (χ0v) is 20.4. The van der Waals surface area contributed by atoms with Gasteiger partial charge >= 0.3 is 0 Å². The van der Waals surface area contributed by atoms with Crippen molar-refractivity contribution in [3.05, 3.63) is 108 Å². The fourth-order valence-corrected chi connectivity index (χ4v) is 4.27. The fraction of sp³-hybridized carbons (Fsp3) is 0.321. The topological polar surface area (TPSA) is 75.0 Å². The van der Waals surface area contributed by atoms with Crippen molar-refractivity contribution in [3.63, 3.8) is 0 Å². The van der Waals surface area contributed by atoms with Gasteiger partial charge in [0.1, 0.15) is 18.3 Å². The summed E-state index contributed by atoms with van der Waals surface area (Å²) in [5, 5.41) is 3.34. The highest BCUT2D eigenvalue weighted by Crippen LogP contribution is 2.25. The van der Waals surface area contributed by atoms with E-state index in [-0.39, 0.29) is 23.4 Å². The van der Waals surface area contributed by atoms with Crippen molar-refractivity contribution in [3.8, 4) is 0 Å². The average molecular weight is 493 g/mol. The first-order valence-corrected chi connectivity index (χ1v) is 12.2. The van der Waals surface area contributed by atoms with Crippen LogP contribution in [0.5, 0.6) is 0 Å². The molecule has 0 saturated carbocycles. The molecule has 3 N–H and O–H groups in total. The molecule has 4 atom stereocenters. The molecule has 1 fully saturated rings. The van der Waals surface area contributed by atoms with E-state index < -0.39 is 6.10 Å². The number of thiocarbonyl (C=S) groups is 1. The summed E-state index contributed by atoms with van der Waals surface area (Å²) in [6.07, 6.45) is -1.05. The molecule has 7 heteroatoms. The molecular weight excluding hydrogens is 460 g/mol. The van der Waals surface area contributed by atoms with Crippen LogP contribution in [0.4, 0.5) is 0 Å². The third-order valence-electron chi connectivity index (χ3n) is 5.87. The second kappa shape index (κ2) is 13.3. The zero-order chi connectivity index (χ0) is 24.3. The molecule has 1 aliphatic rings. The van der Waals surface area contributed by atoms with Crippen LogP contribution in [0.1, 0.15) is 16.7 Å². The lowest BCUT2D eigenvalue weighted by molar-refractivity contribution is -0.206. The van der Waals surface area contributed by atoms with Crippen molar-refractivity contribution in [2.45, 2.75) is 44.2 Å². The van der Waals surface area contributed by atoms with Crippen LogP contribution < -0.4 is 11.1 Å². The highest BCUT2D eigenvalue weighted by atomic mass is 32.1. The van der Waals surface area contributed by atoms with Gasteiger partial charge in [-0.05, 0) is 28.9 Å². The third kappa shape index (κ3) is 7.85. The largest absolute Gasteiger partial charge is 0.376 e. The summed E-state index contributed by atoms with van der Waals surface area (Å²) >= 11 is 5.13. The van der Waals surface area contributed by atoms with Gasteiger partial charge in [0, 0.05) is 0 Å². The third-order valence-corrected chi connectivity index (χ3v) is 5.99. The Labute approximate surface area is 212 Å². The van der Waals surface area contributed by atoms with Gasteiger partial charge in [-0.25, -0.2) is 0 Å². The summed E-state index contributed by atoms with van der Waals surface area (Å²) in [7, 11) is 0. The standard InChI is InChI=1S/C28H32N2O4S/c29-28(35)30-24-19-32-25(20-31-16-21-10-4-1-5-11-21)27(34-18-23-14-8-3-9-15-23)26(24)33-17-22-12-6-2-7-13-22/h1-15,24-27H,16-20H2,(H3,29,30,35). The van der Waals surface area contributed by atoms with Crippen LogP contribution in [0.25, 0.3) is 0 Å². The van der Waals surface area contributed by atoms with Crippen LogP contribution in [-0.2, 0) is 38.8 Å². The summed E-state index contributed by atoms with van der Waals surface area (Å²) in [5.74, 6) is 0. The number of nitrogens with one attached hydrogen (secondary N) is 1. The van der Waals surface area contributed by atoms with Gasteiger partial charge in [0.15, 0.2) is 5.11 Å². The lowest BCUT2D eigenvalue weighted by atomic mass is 9.97. The van der Waals surface area contributed by atoms with Crippen molar-refractivity contribution >= 4 is 17.3 Å². The van der Waals surface area contributed by atoms with E-state index in [1.165, 1.54) is 0 Å². The maximum Gasteiger partial charge on any atom is 0.164 e. The number of hydrogen-bond acceptors (Lipinski definition) is 5. The van der Waals surface area contributed by atoms with Gasteiger partial charge in [-0.2, -0.15) is 0 Å². The molecule has 3 aromatic rings. The van der Waals surface area contributed by atoms with Crippen molar-refractivity contribution < 1.29 is 18.9 Å². The van der Waals surface area contributed by atoms with Gasteiger partial charge in [0.25, 0.3) is 0 Å². The number of ether oxygens (including phenoxy) is 4. The van der Waals surface area contributed by atoms with E-state index in [0.29, 0.717) is 33.0 Å². The molecular formula is C28H32N2O4S. The molecule has 1 heterocycles. The van der Waals surface area contributed by atoms with E-state index in [1.54, 1.807) is 0 Å². The monoisotopic (exact) mass is 492 g/mol. The number of nitrogens with two attached hydrogens (primary N) is 1. The first-order valence-electron chi connectivity index (χ1n) is 11.8. The lowest BCUT2D eigenvalue weighted by Crippen LogP contribution is -2.62. The summed E-state index contributed by atoms with van der Waals surface area (Å²) in [6, 6.07) is 29.9. The highest BCUT2D eigenvalue weighted by Gasteiger charge is 2.42. The Morgan fingerprint density at radius 1 is 0.771 bits per heavy atom. The summed E-state index contributed by atoms with van der Waals surface area (Å²) in [6.45, 7) is 2.11. The molecule has 4 unspecified atom stereocenters. The van der Waals surface area contributed by atoms with Crippen LogP contribution in [0.3, 0.4) is 0 Å². The fourth-order valence-electron chi connectivity index (χ4n) is 4.12. The van der Waals surface area contributed by atoms with E-state index in [2.05, 4.69) is 5.32 Å². The SMILES string of the molecule is NC(=S)NC1COC(COCc2ccccc2)C(OCc2ccccc2)C1OCc1ccccc1. The van der Waals surface area contributed by atoms with E-state index in [1.807, 2.05) is 91.0 Å². The molecule has 0 amide bonds. The Hall–Kier alpha value is -2.81. The molecule has 6 nitrogen and oxygen atoms in total. The minimum atomic E-state index is -0.393. The van der Waals surface area contributed by atoms with Gasteiger partial charge in [-0.15, -0.1) is 0 Å². The first-order chi connectivity index (χ1) is 17.2. The normalized spacial score (nSPS) is 21.9. The average Bonchev–Trinajstić information content (AvgIpc) is 2.89. The Morgan fingerprint density at radius 3 is 1.77 bits per heavy atom. The highest BCUT2D eigenvalue weighted by molar-refractivity contribution is 7.80. The predicted molar refractivity (Wildman–Crippen MR) is 140 cm³/mol. The van der Waals surface area contributed by atoms with E-state index in [0.717, 1.165) is 16.7 Å². The molecule has 0 aromatic heterocycles. The number of benzene rings is 3.